The fraction of sp³-hybridized carbons (Fsp3) is 0.0741. The number of rotatable bonds is 5. The molecule has 0 heterocycles. The first kappa shape index (κ1) is 18.7. The third-order valence-corrected chi connectivity index (χ3v) is 5.00. The minimum atomic E-state index is 0.0178. The highest BCUT2D eigenvalue weighted by Crippen LogP contribution is 2.28. The molecule has 0 aliphatic carbocycles. The van der Waals surface area contributed by atoms with Crippen LogP contribution in [0.4, 0.5) is 0 Å². The van der Waals surface area contributed by atoms with Crippen LogP contribution < -0.4 is 0 Å². The molecule has 29 heavy (non-hydrogen) atoms. The highest BCUT2D eigenvalue weighted by atomic mass is 16.2. The van der Waals surface area contributed by atoms with Crippen molar-refractivity contribution in [1.29, 1.82) is 0 Å². The van der Waals surface area contributed by atoms with Gasteiger partial charge >= 0.3 is 0 Å². The maximum absolute atomic E-state index is 12.7. The Morgan fingerprint density at radius 3 is 2.07 bits per heavy atom. The van der Waals surface area contributed by atoms with Crippen LogP contribution in [0.3, 0.4) is 0 Å². The lowest BCUT2D eigenvalue weighted by Gasteiger charge is -2.25. The lowest BCUT2D eigenvalue weighted by molar-refractivity contribution is -0.126. The quantitative estimate of drug-likeness (QED) is 0.369. The molecule has 0 aromatic heterocycles. The van der Waals surface area contributed by atoms with Gasteiger partial charge in [0.25, 0.3) is 0 Å². The molecule has 0 atom stereocenters. The van der Waals surface area contributed by atoms with E-state index in [1.54, 1.807) is 6.92 Å². The van der Waals surface area contributed by atoms with E-state index in [2.05, 4.69) is 60.7 Å². The molecule has 0 bridgehead atoms. The van der Waals surface area contributed by atoms with E-state index in [-0.39, 0.29) is 5.91 Å². The van der Waals surface area contributed by atoms with Crippen LogP contribution in [0.1, 0.15) is 23.6 Å². The Kier molecular flexibility index (Phi) is 5.53. The van der Waals surface area contributed by atoms with Crippen LogP contribution in [0.5, 0.6) is 0 Å². The van der Waals surface area contributed by atoms with Crippen LogP contribution in [0, 0.1) is 0 Å². The number of carbonyl (C=O) groups excluding carboxylic acids is 1. The number of hydrogen-bond acceptors (Lipinski definition) is 1. The van der Waals surface area contributed by atoms with E-state index < -0.39 is 0 Å². The van der Waals surface area contributed by atoms with Gasteiger partial charge in [0.2, 0.25) is 5.91 Å². The van der Waals surface area contributed by atoms with Crippen LogP contribution in [0.25, 0.3) is 22.5 Å². The van der Waals surface area contributed by atoms with Gasteiger partial charge in [0.05, 0.1) is 12.2 Å². The van der Waals surface area contributed by atoms with Crippen molar-refractivity contribution >= 4 is 28.5 Å². The third-order valence-electron chi connectivity index (χ3n) is 5.00. The van der Waals surface area contributed by atoms with E-state index in [0.717, 1.165) is 27.8 Å². The third kappa shape index (κ3) is 4.44. The molecule has 0 unspecified atom stereocenters. The average molecular weight is 377 g/mol. The molecule has 4 aromatic rings. The molecule has 0 saturated heterocycles. The van der Waals surface area contributed by atoms with E-state index >= 15 is 0 Å². The van der Waals surface area contributed by atoms with Crippen LogP contribution in [-0.2, 0) is 11.3 Å². The van der Waals surface area contributed by atoms with Crippen molar-refractivity contribution in [3.05, 3.63) is 120 Å². The number of fused-ring (bicyclic) bond motifs is 1. The van der Waals surface area contributed by atoms with Crippen molar-refractivity contribution in [1.82, 2.24) is 4.90 Å². The van der Waals surface area contributed by atoms with Crippen LogP contribution >= 0.6 is 0 Å². The van der Waals surface area contributed by atoms with Crippen molar-refractivity contribution in [3.63, 3.8) is 0 Å². The average Bonchev–Trinajstić information content (AvgIpc) is 2.77. The smallest absolute Gasteiger partial charge is 0.224 e. The fourth-order valence-corrected chi connectivity index (χ4v) is 3.50. The van der Waals surface area contributed by atoms with Gasteiger partial charge in [0.1, 0.15) is 0 Å². The highest BCUT2D eigenvalue weighted by Gasteiger charge is 2.17. The first-order valence-electron chi connectivity index (χ1n) is 9.79. The number of amides is 1. The van der Waals surface area contributed by atoms with E-state index in [1.165, 1.54) is 5.39 Å². The summed E-state index contributed by atoms with van der Waals surface area (Å²) in [5, 5.41) is 2.35. The van der Waals surface area contributed by atoms with Gasteiger partial charge in [0, 0.05) is 6.92 Å². The SMILES string of the molecule is CC(=O)N(Cc1ccccc1)/C(=C\c1ccccc1)c1ccc2ccccc2c1. The Morgan fingerprint density at radius 1 is 0.759 bits per heavy atom. The Hall–Kier alpha value is -3.65. The van der Waals surface area contributed by atoms with E-state index in [4.69, 9.17) is 0 Å². The highest BCUT2D eigenvalue weighted by molar-refractivity contribution is 5.94. The van der Waals surface area contributed by atoms with Gasteiger partial charge in [-0.05, 0) is 39.6 Å². The summed E-state index contributed by atoms with van der Waals surface area (Å²) in [6, 6.07) is 34.9. The van der Waals surface area contributed by atoms with Crippen molar-refractivity contribution in [2.75, 3.05) is 0 Å². The Balaban J connectivity index is 1.84. The molecule has 0 N–H and O–H groups in total. The molecule has 0 radical (unpaired) electrons. The minimum absolute atomic E-state index is 0.0178. The maximum Gasteiger partial charge on any atom is 0.224 e. The number of nitrogens with zero attached hydrogens (tertiary/aromatic N) is 1. The predicted molar refractivity (Wildman–Crippen MR) is 121 cm³/mol. The number of carbonyl (C=O) groups is 1. The second-order valence-corrected chi connectivity index (χ2v) is 7.09. The first-order valence-corrected chi connectivity index (χ1v) is 9.79. The van der Waals surface area contributed by atoms with Gasteiger partial charge < -0.3 is 4.90 Å². The molecule has 4 aromatic carbocycles. The summed E-state index contributed by atoms with van der Waals surface area (Å²) in [5.41, 5.74) is 4.09. The fourth-order valence-electron chi connectivity index (χ4n) is 3.50. The number of hydrogen-bond donors (Lipinski definition) is 0. The molecule has 4 rings (SSSR count). The van der Waals surface area contributed by atoms with Crippen molar-refractivity contribution < 1.29 is 4.79 Å². The van der Waals surface area contributed by atoms with Crippen LogP contribution in [0.15, 0.2) is 103 Å². The molecule has 0 aliphatic rings. The molecular formula is C27H23NO. The lowest BCUT2D eigenvalue weighted by Crippen LogP contribution is -2.26. The van der Waals surface area contributed by atoms with Crippen LogP contribution in [-0.4, -0.2) is 10.8 Å². The largest absolute Gasteiger partial charge is 0.308 e. The summed E-state index contributed by atoms with van der Waals surface area (Å²) in [4.78, 5) is 14.6. The maximum atomic E-state index is 12.7. The van der Waals surface area contributed by atoms with Crippen LogP contribution in [0.2, 0.25) is 0 Å². The second kappa shape index (κ2) is 8.57. The Bertz CT molecular complexity index is 1150. The number of benzene rings is 4. The topological polar surface area (TPSA) is 20.3 Å². The molecule has 1 amide bonds. The summed E-state index contributed by atoms with van der Waals surface area (Å²) in [7, 11) is 0. The van der Waals surface area contributed by atoms with Crippen molar-refractivity contribution in [3.8, 4) is 0 Å². The Labute approximate surface area is 171 Å². The molecule has 0 saturated carbocycles. The summed E-state index contributed by atoms with van der Waals surface area (Å²) >= 11 is 0. The molecule has 142 valence electrons. The minimum Gasteiger partial charge on any atom is -0.308 e. The van der Waals surface area contributed by atoms with E-state index in [0.29, 0.717) is 6.54 Å². The molecule has 0 aliphatic heterocycles. The normalized spacial score (nSPS) is 11.4. The van der Waals surface area contributed by atoms with Gasteiger partial charge in [-0.3, -0.25) is 4.79 Å². The standard InChI is InChI=1S/C27H23NO/c1-21(29)28(20-23-12-6-3-7-13-23)27(18-22-10-4-2-5-11-22)26-17-16-24-14-8-9-15-25(24)19-26/h2-19H,20H2,1H3/b27-18-. The zero-order chi connectivity index (χ0) is 20.1. The lowest BCUT2D eigenvalue weighted by atomic mass is 10.0. The van der Waals surface area contributed by atoms with Crippen molar-refractivity contribution in [2.45, 2.75) is 13.5 Å². The molecule has 0 spiro atoms. The molecular weight excluding hydrogens is 354 g/mol. The van der Waals surface area contributed by atoms with Gasteiger partial charge in [0.15, 0.2) is 0 Å². The zero-order valence-corrected chi connectivity index (χ0v) is 16.5. The predicted octanol–water partition coefficient (Wildman–Crippen LogP) is 6.39. The van der Waals surface area contributed by atoms with Gasteiger partial charge in [-0.1, -0.05) is 97.1 Å². The summed E-state index contributed by atoms with van der Waals surface area (Å²) in [5.74, 6) is 0.0178. The summed E-state index contributed by atoms with van der Waals surface area (Å²) < 4.78 is 0. The van der Waals surface area contributed by atoms with Crippen molar-refractivity contribution in [2.24, 2.45) is 0 Å². The Morgan fingerprint density at radius 2 is 1.38 bits per heavy atom. The monoisotopic (exact) mass is 377 g/mol. The van der Waals surface area contributed by atoms with Gasteiger partial charge in [-0.25, -0.2) is 0 Å². The molecule has 0 fully saturated rings. The molecule has 2 nitrogen and oxygen atoms in total. The summed E-state index contributed by atoms with van der Waals surface area (Å²) in [6.07, 6.45) is 2.09. The zero-order valence-electron chi connectivity index (χ0n) is 16.5. The van der Waals surface area contributed by atoms with E-state index in [9.17, 15) is 4.79 Å². The van der Waals surface area contributed by atoms with Gasteiger partial charge in [-0.2, -0.15) is 0 Å². The molecule has 2 heteroatoms. The second-order valence-electron chi connectivity index (χ2n) is 7.09. The summed E-state index contributed by atoms with van der Waals surface area (Å²) in [6.45, 7) is 2.16. The first-order chi connectivity index (χ1) is 14.2. The van der Waals surface area contributed by atoms with E-state index in [1.807, 2.05) is 53.4 Å². The van der Waals surface area contributed by atoms with Gasteiger partial charge in [-0.15, -0.1) is 0 Å².